The first kappa shape index (κ1) is 33.8. The highest BCUT2D eigenvalue weighted by molar-refractivity contribution is 6.32. The number of hydrogen-bond donors (Lipinski definition) is 1. The fourth-order valence-corrected chi connectivity index (χ4v) is 5.46. The fourth-order valence-electron chi connectivity index (χ4n) is 4.85. The molecule has 0 bridgehead atoms. The smallest absolute Gasteiger partial charge is 0.167 e. The predicted octanol–water partition coefficient (Wildman–Crippen LogP) is 9.96. The molecule has 0 spiro atoms. The lowest BCUT2D eigenvalue weighted by Crippen LogP contribution is -2.35. The Labute approximate surface area is 273 Å². The fraction of sp³-hybridized carbons (Fsp3) is 0.294. The van der Waals surface area contributed by atoms with Crippen LogP contribution in [0.5, 0.6) is 28.7 Å². The first-order chi connectivity index (χ1) is 21.1. The Kier molecular flexibility index (Phi) is 12.2. The number of halogens is 4. The van der Waals surface area contributed by atoms with Crippen LogP contribution in [0, 0.1) is 12.7 Å². The van der Waals surface area contributed by atoms with E-state index in [0.717, 1.165) is 34.4 Å². The molecule has 44 heavy (non-hydrogen) atoms. The molecular weight excluding hydrogens is 626 g/mol. The minimum Gasteiger partial charge on any atom is -0.495 e. The monoisotopic (exact) mass is 660 g/mol. The maximum Gasteiger partial charge on any atom is 0.167 e. The molecule has 0 fully saturated rings. The van der Waals surface area contributed by atoms with E-state index in [1.54, 1.807) is 38.5 Å². The van der Waals surface area contributed by atoms with Crippen molar-refractivity contribution in [3.63, 3.8) is 0 Å². The normalized spacial score (nSPS) is 12.0. The van der Waals surface area contributed by atoms with Gasteiger partial charge in [-0.1, -0.05) is 59.9 Å². The number of hydrazine groups is 1. The Bertz CT molecular complexity index is 1580. The molecule has 0 radical (unpaired) electrons. The Hall–Kier alpha value is -3.04. The average Bonchev–Trinajstić information content (AvgIpc) is 2.99. The maximum atomic E-state index is 14.4. The van der Waals surface area contributed by atoms with Crippen LogP contribution in [0.2, 0.25) is 15.1 Å². The van der Waals surface area contributed by atoms with Gasteiger partial charge in [-0.15, -0.1) is 0 Å². The predicted molar refractivity (Wildman–Crippen MR) is 175 cm³/mol. The van der Waals surface area contributed by atoms with Gasteiger partial charge in [0.25, 0.3) is 0 Å². The second-order valence-electron chi connectivity index (χ2n) is 10.2. The second-order valence-corrected chi connectivity index (χ2v) is 11.5. The third-order valence-electron chi connectivity index (χ3n) is 7.18. The molecule has 0 aliphatic rings. The molecule has 1 unspecified atom stereocenters. The maximum absolute atomic E-state index is 14.4. The van der Waals surface area contributed by atoms with E-state index in [-0.39, 0.29) is 11.9 Å². The van der Waals surface area contributed by atoms with Gasteiger partial charge in [-0.3, -0.25) is 5.43 Å². The van der Waals surface area contributed by atoms with Gasteiger partial charge in [0.2, 0.25) is 0 Å². The van der Waals surface area contributed by atoms with Crippen molar-refractivity contribution in [1.29, 1.82) is 0 Å². The van der Waals surface area contributed by atoms with Gasteiger partial charge in [0.1, 0.15) is 23.0 Å². The topological polar surface area (TPSA) is 52.2 Å². The highest BCUT2D eigenvalue weighted by Gasteiger charge is 2.17. The second kappa shape index (κ2) is 15.8. The van der Waals surface area contributed by atoms with Gasteiger partial charge in [-0.2, -0.15) is 0 Å². The van der Waals surface area contributed by atoms with E-state index in [1.165, 1.54) is 12.1 Å². The summed E-state index contributed by atoms with van der Waals surface area (Å²) in [5.41, 5.74) is 7.11. The summed E-state index contributed by atoms with van der Waals surface area (Å²) in [5.74, 6) is 1.94. The van der Waals surface area contributed by atoms with Crippen LogP contribution in [0.1, 0.15) is 41.7 Å². The molecule has 0 aliphatic heterocycles. The highest BCUT2D eigenvalue weighted by atomic mass is 35.5. The summed E-state index contributed by atoms with van der Waals surface area (Å²) in [7, 11) is 5.22. The summed E-state index contributed by atoms with van der Waals surface area (Å²) in [5, 5.41) is 3.24. The molecular formula is C34H36Cl3FN2O4. The molecule has 4 aromatic carbocycles. The standard InChI is InChI=1S/C34H36Cl3FN2O4/c1-6-29(41-4)23-8-7-22(32(17-23)43-30-14-12-27(37)34(42-5)21(30)2)15-16-39-40(3)20-24-9-10-26(36)19-33(24)44-31-13-11-25(35)18-28(31)38/h7-14,17-19,29,39H,6,15-16,20H2,1-5H3. The molecule has 0 amide bonds. The Balaban J connectivity index is 1.48. The van der Waals surface area contributed by atoms with E-state index in [4.69, 9.17) is 53.8 Å². The van der Waals surface area contributed by atoms with Crippen molar-refractivity contribution in [2.45, 2.75) is 39.3 Å². The number of hydrogen-bond acceptors (Lipinski definition) is 6. The molecule has 6 nitrogen and oxygen atoms in total. The van der Waals surface area contributed by atoms with Gasteiger partial charge < -0.3 is 18.9 Å². The van der Waals surface area contributed by atoms with Crippen LogP contribution in [0.4, 0.5) is 4.39 Å². The van der Waals surface area contributed by atoms with Gasteiger partial charge in [-0.05, 0) is 79.4 Å². The number of nitrogens with zero attached hydrogens (tertiary/aromatic N) is 1. The molecule has 4 rings (SSSR count). The van der Waals surface area contributed by atoms with Gasteiger partial charge in [0.05, 0.1) is 18.2 Å². The first-order valence-corrected chi connectivity index (χ1v) is 15.3. The first-order valence-electron chi connectivity index (χ1n) is 14.2. The lowest BCUT2D eigenvalue weighted by molar-refractivity contribution is 0.0998. The SMILES string of the molecule is CCC(OC)c1ccc(CCNN(C)Cc2ccc(Cl)cc2Oc2ccc(Cl)cc2F)c(Oc2ccc(Cl)c(OC)c2C)c1. The van der Waals surface area contributed by atoms with E-state index < -0.39 is 5.82 Å². The van der Waals surface area contributed by atoms with Crippen molar-refractivity contribution in [2.75, 3.05) is 27.8 Å². The van der Waals surface area contributed by atoms with Crippen LogP contribution in [0.25, 0.3) is 0 Å². The van der Waals surface area contributed by atoms with Crippen LogP contribution in [-0.4, -0.2) is 32.8 Å². The minimum absolute atomic E-state index is 0.0475. The highest BCUT2D eigenvalue weighted by Crippen LogP contribution is 2.39. The molecule has 10 heteroatoms. The molecule has 1 atom stereocenters. The van der Waals surface area contributed by atoms with E-state index in [0.29, 0.717) is 51.8 Å². The Morgan fingerprint density at radius 2 is 1.48 bits per heavy atom. The van der Waals surface area contributed by atoms with E-state index in [2.05, 4.69) is 24.5 Å². The summed E-state index contributed by atoms with van der Waals surface area (Å²) in [6, 6.07) is 19.4. The third kappa shape index (κ3) is 8.57. The third-order valence-corrected chi connectivity index (χ3v) is 7.94. The van der Waals surface area contributed by atoms with E-state index in [1.807, 2.05) is 37.2 Å². The molecule has 0 heterocycles. The number of ether oxygens (including phenoxy) is 4. The molecule has 0 saturated carbocycles. The number of methoxy groups -OCH3 is 2. The quantitative estimate of drug-likeness (QED) is 0.136. The molecule has 0 aliphatic carbocycles. The zero-order valence-corrected chi connectivity index (χ0v) is 27.6. The van der Waals surface area contributed by atoms with Gasteiger partial charge in [0.15, 0.2) is 11.6 Å². The van der Waals surface area contributed by atoms with Crippen LogP contribution in [-0.2, 0) is 17.7 Å². The average molecular weight is 662 g/mol. The lowest BCUT2D eigenvalue weighted by atomic mass is 10.0. The number of nitrogens with one attached hydrogen (secondary N) is 1. The lowest BCUT2D eigenvalue weighted by Gasteiger charge is -2.22. The Morgan fingerprint density at radius 1 is 0.818 bits per heavy atom. The molecule has 4 aromatic rings. The van der Waals surface area contributed by atoms with E-state index >= 15 is 0 Å². The van der Waals surface area contributed by atoms with Gasteiger partial charge >= 0.3 is 0 Å². The number of rotatable bonds is 14. The van der Waals surface area contributed by atoms with Gasteiger partial charge in [-0.25, -0.2) is 9.40 Å². The van der Waals surface area contributed by atoms with Crippen molar-refractivity contribution >= 4 is 34.8 Å². The van der Waals surface area contributed by atoms with Crippen molar-refractivity contribution in [3.05, 3.63) is 110 Å². The zero-order chi connectivity index (χ0) is 31.8. The van der Waals surface area contributed by atoms with Crippen molar-refractivity contribution < 1.29 is 23.3 Å². The van der Waals surface area contributed by atoms with Crippen LogP contribution >= 0.6 is 34.8 Å². The molecule has 0 saturated heterocycles. The minimum atomic E-state index is -0.554. The van der Waals surface area contributed by atoms with Crippen LogP contribution in [0.3, 0.4) is 0 Å². The molecule has 0 aromatic heterocycles. The largest absolute Gasteiger partial charge is 0.495 e. The molecule has 1 N–H and O–H groups in total. The summed E-state index contributed by atoms with van der Waals surface area (Å²) in [6.45, 7) is 5.09. The summed E-state index contributed by atoms with van der Waals surface area (Å²) in [6.07, 6.45) is 1.46. The van der Waals surface area contributed by atoms with Crippen molar-refractivity contribution in [3.8, 4) is 28.7 Å². The van der Waals surface area contributed by atoms with Crippen molar-refractivity contribution in [1.82, 2.24) is 10.4 Å². The van der Waals surface area contributed by atoms with Gasteiger partial charge in [0, 0.05) is 48.4 Å². The van der Waals surface area contributed by atoms with Crippen molar-refractivity contribution in [2.24, 2.45) is 0 Å². The summed E-state index contributed by atoms with van der Waals surface area (Å²) >= 11 is 18.4. The molecule has 234 valence electrons. The summed E-state index contributed by atoms with van der Waals surface area (Å²) in [4.78, 5) is 0. The van der Waals surface area contributed by atoms with Crippen LogP contribution in [0.15, 0.2) is 66.7 Å². The Morgan fingerprint density at radius 3 is 2.18 bits per heavy atom. The number of benzene rings is 4. The van der Waals surface area contributed by atoms with Crippen LogP contribution < -0.4 is 19.6 Å². The zero-order valence-electron chi connectivity index (χ0n) is 25.3. The van der Waals surface area contributed by atoms with E-state index in [9.17, 15) is 4.39 Å². The summed E-state index contributed by atoms with van der Waals surface area (Å²) < 4.78 is 38.0.